The van der Waals surface area contributed by atoms with Crippen LogP contribution < -0.4 is 20.7 Å². The van der Waals surface area contributed by atoms with E-state index in [0.717, 1.165) is 43.3 Å². The number of rotatable bonds is 6. The molecule has 0 saturated carbocycles. The second-order valence-electron chi connectivity index (χ2n) is 8.41. The van der Waals surface area contributed by atoms with Crippen LogP contribution >= 0.6 is 11.8 Å². The Bertz CT molecular complexity index is 1380. The molecule has 0 N–H and O–H groups in total. The monoisotopic (exact) mass is 499 g/mol. The summed E-state index contributed by atoms with van der Waals surface area (Å²) >= 11 is 1.20. The fourth-order valence-corrected chi connectivity index (χ4v) is 5.10. The van der Waals surface area contributed by atoms with Gasteiger partial charge in [-0.25, -0.2) is 14.8 Å². The van der Waals surface area contributed by atoms with Gasteiger partial charge < -0.3 is 14.4 Å². The average molecular weight is 500 g/mol. The summed E-state index contributed by atoms with van der Waals surface area (Å²) in [5.74, 6) is 1.51. The molecule has 0 unspecified atom stereocenters. The molecule has 3 aromatic rings. The molecule has 2 aromatic heterocycles. The summed E-state index contributed by atoms with van der Waals surface area (Å²) in [5.41, 5.74) is -0.149. The number of benzene rings is 1. The Morgan fingerprint density at radius 1 is 0.971 bits per heavy atom. The van der Waals surface area contributed by atoms with Gasteiger partial charge in [-0.15, -0.1) is 0 Å². The van der Waals surface area contributed by atoms with Gasteiger partial charge in [-0.1, -0.05) is 24.6 Å². The zero-order valence-electron chi connectivity index (χ0n) is 20.4. The zero-order valence-corrected chi connectivity index (χ0v) is 21.2. The number of fused-ring (bicyclic) bond motifs is 1. The van der Waals surface area contributed by atoms with E-state index in [1.165, 1.54) is 30.5 Å². The minimum atomic E-state index is -0.494. The molecule has 4 rings (SSSR count). The number of methoxy groups -OCH3 is 2. The topological polar surface area (TPSA) is 109 Å². The number of thioether (sulfide) groups is 1. The molecule has 0 radical (unpaired) electrons. The van der Waals surface area contributed by atoms with Gasteiger partial charge in [-0.05, 0) is 31.0 Å². The Hall–Kier alpha value is -3.34. The predicted molar refractivity (Wildman–Crippen MR) is 134 cm³/mol. The summed E-state index contributed by atoms with van der Waals surface area (Å²) in [5, 5.41) is 0.576. The maximum atomic E-state index is 13.1. The Morgan fingerprint density at radius 3 is 2.31 bits per heavy atom. The molecule has 10 nitrogen and oxygen atoms in total. The number of hydrogen-bond donors (Lipinski definition) is 0. The van der Waals surface area contributed by atoms with Crippen molar-refractivity contribution < 1.29 is 14.3 Å². The van der Waals surface area contributed by atoms with Crippen LogP contribution in [0.1, 0.15) is 25.7 Å². The van der Waals surface area contributed by atoms with Crippen molar-refractivity contribution in [3.8, 4) is 22.9 Å². The average Bonchev–Trinajstić information content (AvgIpc) is 3.18. The van der Waals surface area contributed by atoms with Crippen molar-refractivity contribution >= 4 is 28.7 Å². The highest BCUT2D eigenvalue weighted by Crippen LogP contribution is 2.33. The number of likely N-dealkylation sites (tertiary alicyclic amines) is 1. The van der Waals surface area contributed by atoms with Crippen LogP contribution in [0.2, 0.25) is 0 Å². The Balaban J connectivity index is 1.81. The van der Waals surface area contributed by atoms with E-state index >= 15 is 0 Å². The lowest BCUT2D eigenvalue weighted by molar-refractivity contribution is -0.128. The van der Waals surface area contributed by atoms with Gasteiger partial charge in [0.15, 0.2) is 23.0 Å². The van der Waals surface area contributed by atoms with E-state index in [-0.39, 0.29) is 22.7 Å². The van der Waals surface area contributed by atoms with Gasteiger partial charge in [0.05, 0.1) is 20.0 Å². The number of carbonyl (C=O) groups excluding carboxylic acids is 1. The molecule has 1 fully saturated rings. The lowest BCUT2D eigenvalue weighted by Crippen LogP contribution is -2.38. The van der Waals surface area contributed by atoms with Crippen LogP contribution in [0.25, 0.3) is 22.4 Å². The van der Waals surface area contributed by atoms with E-state index in [2.05, 4.69) is 9.97 Å². The lowest BCUT2D eigenvalue weighted by atomic mass is 10.2. The highest BCUT2D eigenvalue weighted by Gasteiger charge is 2.21. The minimum Gasteiger partial charge on any atom is -0.493 e. The molecule has 1 amide bonds. The van der Waals surface area contributed by atoms with Gasteiger partial charge in [-0.3, -0.25) is 18.7 Å². The first-order valence-corrected chi connectivity index (χ1v) is 12.4. The van der Waals surface area contributed by atoms with Crippen LogP contribution in [0.4, 0.5) is 0 Å². The van der Waals surface area contributed by atoms with Crippen LogP contribution in [-0.2, 0) is 18.9 Å². The second kappa shape index (κ2) is 10.5. The van der Waals surface area contributed by atoms with Crippen LogP contribution in [0.15, 0.2) is 32.8 Å². The molecule has 11 heteroatoms. The van der Waals surface area contributed by atoms with Crippen molar-refractivity contribution in [1.82, 2.24) is 24.0 Å². The van der Waals surface area contributed by atoms with E-state index < -0.39 is 11.2 Å². The molecule has 3 heterocycles. The van der Waals surface area contributed by atoms with Crippen molar-refractivity contribution in [3.63, 3.8) is 0 Å². The number of carbonyl (C=O) groups is 1. The lowest BCUT2D eigenvalue weighted by Gasteiger charge is -2.20. The molecule has 1 aliphatic heterocycles. The van der Waals surface area contributed by atoms with Crippen molar-refractivity contribution in [2.75, 3.05) is 33.1 Å². The molecule has 35 heavy (non-hydrogen) atoms. The number of amides is 1. The number of ether oxygens (including phenoxy) is 2. The quantitative estimate of drug-likeness (QED) is 0.375. The Labute approximate surface area is 206 Å². The van der Waals surface area contributed by atoms with Gasteiger partial charge in [0.25, 0.3) is 5.56 Å². The third-order valence-corrected chi connectivity index (χ3v) is 7.16. The number of hydrogen-bond acceptors (Lipinski definition) is 8. The summed E-state index contributed by atoms with van der Waals surface area (Å²) in [4.78, 5) is 49.7. The first-order valence-electron chi connectivity index (χ1n) is 11.5. The summed E-state index contributed by atoms with van der Waals surface area (Å²) in [6.45, 7) is 1.49. The maximum absolute atomic E-state index is 13.1. The Kier molecular flexibility index (Phi) is 7.44. The zero-order chi connectivity index (χ0) is 25.1. The second-order valence-corrected chi connectivity index (χ2v) is 9.37. The third kappa shape index (κ3) is 4.90. The maximum Gasteiger partial charge on any atom is 0.332 e. The Morgan fingerprint density at radius 2 is 1.66 bits per heavy atom. The summed E-state index contributed by atoms with van der Waals surface area (Å²) in [6.07, 6.45) is 4.26. The molecular formula is C24H29N5O5S. The highest BCUT2D eigenvalue weighted by molar-refractivity contribution is 8.00. The first-order chi connectivity index (χ1) is 16.8. The summed E-state index contributed by atoms with van der Waals surface area (Å²) in [6, 6.07) is 5.24. The molecule has 1 saturated heterocycles. The SMILES string of the molecule is COc1ccc(-c2nc(SCC(=O)N3CCCCCC3)c3c(=O)n(C)c(=O)n(C)c3n2)cc1OC. The van der Waals surface area contributed by atoms with Crippen molar-refractivity contribution in [3.05, 3.63) is 39.0 Å². The normalized spacial score (nSPS) is 14.1. The highest BCUT2D eigenvalue weighted by atomic mass is 32.2. The molecular weight excluding hydrogens is 470 g/mol. The van der Waals surface area contributed by atoms with Crippen LogP contribution in [0.3, 0.4) is 0 Å². The predicted octanol–water partition coefficient (Wildman–Crippen LogP) is 2.21. The molecule has 1 aliphatic rings. The summed E-state index contributed by atoms with van der Waals surface area (Å²) in [7, 11) is 6.06. The standard InChI is InChI=1S/C24H29N5O5S/c1-27-21-19(23(31)28(2)24(27)32)22(35-14-18(30)29-11-7-5-6-8-12-29)26-20(25-21)15-9-10-16(33-3)17(13-15)34-4/h9-10,13H,5-8,11-12,14H2,1-4H3. The van der Waals surface area contributed by atoms with E-state index in [0.29, 0.717) is 27.9 Å². The van der Waals surface area contributed by atoms with E-state index in [4.69, 9.17) is 9.47 Å². The molecule has 0 spiro atoms. The smallest absolute Gasteiger partial charge is 0.332 e. The van der Waals surface area contributed by atoms with Gasteiger partial charge in [0.1, 0.15) is 10.4 Å². The van der Waals surface area contributed by atoms with Crippen LogP contribution in [0, 0.1) is 0 Å². The number of aryl methyl sites for hydroxylation is 1. The minimum absolute atomic E-state index is 0.0120. The molecule has 0 atom stereocenters. The fraction of sp³-hybridized carbons (Fsp3) is 0.458. The van der Waals surface area contributed by atoms with Gasteiger partial charge >= 0.3 is 5.69 Å². The summed E-state index contributed by atoms with van der Waals surface area (Å²) < 4.78 is 13.1. The molecule has 0 aliphatic carbocycles. The van der Waals surface area contributed by atoms with E-state index in [1.807, 2.05) is 4.90 Å². The van der Waals surface area contributed by atoms with Crippen molar-refractivity contribution in [2.45, 2.75) is 30.7 Å². The first kappa shape index (κ1) is 24.8. The molecule has 186 valence electrons. The largest absolute Gasteiger partial charge is 0.493 e. The van der Waals surface area contributed by atoms with Crippen molar-refractivity contribution in [2.24, 2.45) is 14.1 Å². The number of aromatic nitrogens is 4. The van der Waals surface area contributed by atoms with Crippen LogP contribution in [0.5, 0.6) is 11.5 Å². The molecule has 1 aromatic carbocycles. The third-order valence-electron chi connectivity index (χ3n) is 6.20. The van der Waals surface area contributed by atoms with Gasteiger partial charge in [-0.2, -0.15) is 0 Å². The van der Waals surface area contributed by atoms with Gasteiger partial charge in [0.2, 0.25) is 5.91 Å². The number of nitrogens with zero attached hydrogens (tertiary/aromatic N) is 5. The van der Waals surface area contributed by atoms with E-state index in [9.17, 15) is 14.4 Å². The fourth-order valence-electron chi connectivity index (χ4n) is 4.18. The van der Waals surface area contributed by atoms with Gasteiger partial charge in [0, 0.05) is 32.7 Å². The molecule has 0 bridgehead atoms. The van der Waals surface area contributed by atoms with Crippen LogP contribution in [-0.4, -0.2) is 63.0 Å². The van der Waals surface area contributed by atoms with Crippen molar-refractivity contribution in [1.29, 1.82) is 0 Å². The van der Waals surface area contributed by atoms with E-state index in [1.54, 1.807) is 32.4 Å².